The van der Waals surface area contributed by atoms with E-state index in [1.807, 2.05) is 12.1 Å². The van der Waals surface area contributed by atoms with Crippen molar-refractivity contribution in [1.82, 2.24) is 0 Å². The normalized spacial score (nSPS) is 11.7. The predicted molar refractivity (Wildman–Crippen MR) is 184 cm³/mol. The highest BCUT2D eigenvalue weighted by atomic mass is 16.3. The molecule has 2 nitrogen and oxygen atoms in total. The second-order valence-corrected chi connectivity index (χ2v) is 11.4. The number of aromatic hydroxyl groups is 1. The van der Waals surface area contributed by atoms with Gasteiger partial charge in [0.25, 0.3) is 0 Å². The molecule has 0 aliphatic heterocycles. The fourth-order valence-electron chi connectivity index (χ4n) is 6.97. The molecule has 2 heteroatoms. The zero-order chi connectivity index (χ0) is 29.2. The number of hydrogen-bond donors (Lipinski definition) is 1. The third-order valence-electron chi connectivity index (χ3n) is 8.91. The molecule has 9 rings (SSSR count). The van der Waals surface area contributed by atoms with Gasteiger partial charge in [0.1, 0.15) is 16.9 Å². The molecule has 1 N–H and O–H groups in total. The molecule has 0 spiro atoms. The molecule has 0 atom stereocenters. The summed E-state index contributed by atoms with van der Waals surface area (Å²) in [6, 6.07) is 53.0. The van der Waals surface area contributed by atoms with Crippen molar-refractivity contribution < 1.29 is 9.52 Å². The smallest absolute Gasteiger partial charge is 0.136 e. The minimum Gasteiger partial charge on any atom is -0.508 e. The van der Waals surface area contributed by atoms with Gasteiger partial charge in [0.15, 0.2) is 0 Å². The second-order valence-electron chi connectivity index (χ2n) is 11.4. The molecule has 1 aromatic heterocycles. The molecule has 0 saturated carbocycles. The minimum absolute atomic E-state index is 0.268. The monoisotopic (exact) mass is 562 g/mol. The van der Waals surface area contributed by atoms with Crippen molar-refractivity contribution in [2.24, 2.45) is 0 Å². The molecule has 0 aliphatic carbocycles. The van der Waals surface area contributed by atoms with Crippen LogP contribution in [0.2, 0.25) is 0 Å². The first-order valence-corrected chi connectivity index (χ1v) is 14.9. The van der Waals surface area contributed by atoms with E-state index < -0.39 is 0 Å². The highest BCUT2D eigenvalue weighted by molar-refractivity contribution is 6.22. The lowest BCUT2D eigenvalue weighted by Gasteiger charge is -2.18. The van der Waals surface area contributed by atoms with Crippen LogP contribution in [0.1, 0.15) is 0 Å². The van der Waals surface area contributed by atoms with Gasteiger partial charge in [-0.05, 0) is 102 Å². The number of rotatable bonds is 3. The molecular formula is C42H26O2. The van der Waals surface area contributed by atoms with Gasteiger partial charge < -0.3 is 9.52 Å². The first-order chi connectivity index (χ1) is 21.7. The third-order valence-corrected chi connectivity index (χ3v) is 8.91. The Kier molecular flexibility index (Phi) is 5.38. The van der Waals surface area contributed by atoms with Crippen LogP contribution in [0.25, 0.3) is 87.6 Å². The van der Waals surface area contributed by atoms with Gasteiger partial charge in [-0.2, -0.15) is 0 Å². The zero-order valence-electron chi connectivity index (χ0n) is 23.8. The van der Waals surface area contributed by atoms with Crippen molar-refractivity contribution in [2.45, 2.75) is 0 Å². The lowest BCUT2D eigenvalue weighted by molar-refractivity contribution is 0.475. The quantitative estimate of drug-likeness (QED) is 0.217. The molecule has 0 bridgehead atoms. The number of fused-ring (bicyclic) bond motifs is 6. The molecule has 44 heavy (non-hydrogen) atoms. The molecule has 206 valence electrons. The summed E-state index contributed by atoms with van der Waals surface area (Å²) < 4.78 is 6.40. The highest BCUT2D eigenvalue weighted by Gasteiger charge is 2.18. The van der Waals surface area contributed by atoms with Gasteiger partial charge >= 0.3 is 0 Å². The third kappa shape index (κ3) is 3.75. The van der Waals surface area contributed by atoms with Gasteiger partial charge in [0.05, 0.1) is 0 Å². The van der Waals surface area contributed by atoms with Crippen LogP contribution in [0.3, 0.4) is 0 Å². The molecule has 0 amide bonds. The average Bonchev–Trinajstić information content (AvgIpc) is 3.44. The van der Waals surface area contributed by atoms with Gasteiger partial charge in [0, 0.05) is 10.8 Å². The lowest BCUT2D eigenvalue weighted by atomic mass is 9.85. The van der Waals surface area contributed by atoms with E-state index in [2.05, 4.69) is 127 Å². The van der Waals surface area contributed by atoms with Gasteiger partial charge in [0.2, 0.25) is 0 Å². The summed E-state index contributed by atoms with van der Waals surface area (Å²) in [7, 11) is 0. The molecule has 9 aromatic rings. The van der Waals surface area contributed by atoms with Crippen molar-refractivity contribution in [2.75, 3.05) is 0 Å². The van der Waals surface area contributed by atoms with Gasteiger partial charge in [-0.15, -0.1) is 0 Å². The van der Waals surface area contributed by atoms with E-state index >= 15 is 0 Å². The van der Waals surface area contributed by atoms with Crippen molar-refractivity contribution in [3.05, 3.63) is 152 Å². The predicted octanol–water partition coefficient (Wildman–Crippen LogP) is 11.8. The molecule has 1 heterocycles. The maximum atomic E-state index is 9.99. The highest BCUT2D eigenvalue weighted by Crippen LogP contribution is 2.45. The fourth-order valence-corrected chi connectivity index (χ4v) is 6.97. The fraction of sp³-hybridized carbons (Fsp3) is 0. The number of hydrogen-bond acceptors (Lipinski definition) is 2. The maximum absolute atomic E-state index is 9.99. The van der Waals surface area contributed by atoms with Crippen LogP contribution >= 0.6 is 0 Å². The Balaban J connectivity index is 1.31. The van der Waals surface area contributed by atoms with Crippen LogP contribution in [-0.4, -0.2) is 5.11 Å². The Bertz CT molecular complexity index is 2500. The molecule has 0 unspecified atom stereocenters. The van der Waals surface area contributed by atoms with E-state index in [9.17, 15) is 5.11 Å². The largest absolute Gasteiger partial charge is 0.508 e. The van der Waals surface area contributed by atoms with Crippen LogP contribution in [-0.2, 0) is 0 Å². The zero-order valence-corrected chi connectivity index (χ0v) is 23.8. The topological polar surface area (TPSA) is 33.4 Å². The average molecular weight is 563 g/mol. The molecule has 0 radical (unpaired) electrons. The summed E-state index contributed by atoms with van der Waals surface area (Å²) >= 11 is 0. The second kappa shape index (κ2) is 9.58. The molecular weight excluding hydrogens is 536 g/mol. The number of benzene rings is 8. The Hall–Kier alpha value is -5.86. The number of furan rings is 1. The summed E-state index contributed by atoms with van der Waals surface area (Å²) in [6.07, 6.45) is 0. The summed E-state index contributed by atoms with van der Waals surface area (Å²) in [5.41, 5.74) is 8.77. The van der Waals surface area contributed by atoms with Crippen LogP contribution in [0.5, 0.6) is 5.75 Å². The van der Waals surface area contributed by atoms with E-state index in [1.165, 1.54) is 49.0 Å². The van der Waals surface area contributed by atoms with Crippen LogP contribution in [0.15, 0.2) is 156 Å². The van der Waals surface area contributed by atoms with E-state index in [0.29, 0.717) is 0 Å². The van der Waals surface area contributed by atoms with Gasteiger partial charge in [-0.25, -0.2) is 0 Å². The van der Waals surface area contributed by atoms with Crippen LogP contribution in [0.4, 0.5) is 0 Å². The van der Waals surface area contributed by atoms with Crippen LogP contribution < -0.4 is 0 Å². The van der Waals surface area contributed by atoms with Gasteiger partial charge in [-0.1, -0.05) is 115 Å². The van der Waals surface area contributed by atoms with E-state index in [4.69, 9.17) is 4.42 Å². The van der Waals surface area contributed by atoms with E-state index in [-0.39, 0.29) is 5.75 Å². The number of phenolic OH excluding ortho intramolecular Hbond substituents is 1. The Labute approximate surface area is 254 Å². The Morgan fingerprint density at radius 2 is 0.955 bits per heavy atom. The lowest BCUT2D eigenvalue weighted by Crippen LogP contribution is -1.91. The molecule has 0 saturated heterocycles. The molecule has 8 aromatic carbocycles. The Morgan fingerprint density at radius 1 is 0.386 bits per heavy atom. The first-order valence-electron chi connectivity index (χ1n) is 14.9. The van der Waals surface area contributed by atoms with Crippen molar-refractivity contribution in [3.8, 4) is 39.1 Å². The first kappa shape index (κ1) is 24.7. The number of phenols is 1. The minimum atomic E-state index is 0.268. The van der Waals surface area contributed by atoms with Gasteiger partial charge in [-0.3, -0.25) is 0 Å². The summed E-state index contributed by atoms with van der Waals surface area (Å²) in [6.45, 7) is 0. The maximum Gasteiger partial charge on any atom is 0.136 e. The standard InChI is InChI=1S/C42H26O2/c43-31-21-19-26(20-22-31)40-33-13-3-5-15-35(33)41(36-16-6-4-14-34(36)40)30-12-7-11-29(23-30)32-17-8-18-38-42(32)37-24-27-9-1-2-10-28(27)25-39(37)44-38/h1-25,43H. The van der Waals surface area contributed by atoms with E-state index in [0.717, 1.165) is 38.6 Å². The Morgan fingerprint density at radius 3 is 1.64 bits per heavy atom. The van der Waals surface area contributed by atoms with Crippen LogP contribution in [0, 0.1) is 0 Å². The van der Waals surface area contributed by atoms with E-state index in [1.54, 1.807) is 12.1 Å². The summed E-state index contributed by atoms with van der Waals surface area (Å²) in [5.74, 6) is 0.268. The van der Waals surface area contributed by atoms with Crippen molar-refractivity contribution in [3.63, 3.8) is 0 Å². The van der Waals surface area contributed by atoms with Crippen molar-refractivity contribution in [1.29, 1.82) is 0 Å². The summed E-state index contributed by atoms with van der Waals surface area (Å²) in [4.78, 5) is 0. The SMILES string of the molecule is Oc1ccc(-c2c3ccccc3c(-c3cccc(-c4cccc5oc6cc7ccccc7cc6c45)c3)c3ccccc23)cc1. The summed E-state index contributed by atoms with van der Waals surface area (Å²) in [5, 5.41) is 19.4. The molecule has 0 aliphatic rings. The molecule has 0 fully saturated rings. The van der Waals surface area contributed by atoms with Crippen molar-refractivity contribution >= 4 is 54.3 Å².